The molecule has 0 aliphatic carbocycles. The maximum atomic E-state index is 5.63. The van der Waals surface area contributed by atoms with E-state index in [0.717, 1.165) is 66.0 Å². The van der Waals surface area contributed by atoms with Crippen molar-refractivity contribution in [3.63, 3.8) is 0 Å². The zero-order valence-corrected chi connectivity index (χ0v) is 17.4. The number of rotatable bonds is 6. The molecule has 2 aromatic carbocycles. The number of hydrogen-bond acceptors (Lipinski definition) is 8. The lowest BCUT2D eigenvalue weighted by Gasteiger charge is -2.11. The molecule has 31 heavy (non-hydrogen) atoms. The molecule has 0 saturated carbocycles. The van der Waals surface area contributed by atoms with Crippen LogP contribution in [0.2, 0.25) is 0 Å². The monoisotopic (exact) mass is 417 g/mol. The first-order valence-corrected chi connectivity index (χ1v) is 10.1. The van der Waals surface area contributed by atoms with Gasteiger partial charge in [-0.05, 0) is 36.4 Å². The fourth-order valence-corrected chi connectivity index (χ4v) is 3.76. The second kappa shape index (κ2) is 8.10. The highest BCUT2D eigenvalue weighted by Gasteiger charge is 2.17. The highest BCUT2D eigenvalue weighted by atomic mass is 16.5. The molecule has 0 atom stereocenters. The summed E-state index contributed by atoms with van der Waals surface area (Å²) in [5.74, 6) is 3.18. The summed E-state index contributed by atoms with van der Waals surface area (Å²) in [4.78, 5) is 8.98. The van der Waals surface area contributed by atoms with Crippen molar-refractivity contribution < 1.29 is 9.47 Å². The molecular weight excluding hydrogens is 394 g/mol. The Kier molecular flexibility index (Phi) is 4.99. The third kappa shape index (κ3) is 3.58. The molecule has 0 spiro atoms. The maximum Gasteiger partial charge on any atom is 0.145 e. The van der Waals surface area contributed by atoms with Crippen LogP contribution < -0.4 is 20.1 Å². The van der Waals surface area contributed by atoms with E-state index in [1.54, 1.807) is 18.9 Å². The smallest absolute Gasteiger partial charge is 0.145 e. The van der Waals surface area contributed by atoms with E-state index in [1.165, 1.54) is 0 Å². The molecule has 0 radical (unpaired) electrons. The van der Waals surface area contributed by atoms with Crippen LogP contribution in [0.25, 0.3) is 16.9 Å². The van der Waals surface area contributed by atoms with Crippen molar-refractivity contribution in [2.45, 2.75) is 0 Å². The normalized spacial score (nSPS) is 15.2. The molecule has 2 aliphatic heterocycles. The van der Waals surface area contributed by atoms with E-state index in [2.05, 4.69) is 30.9 Å². The van der Waals surface area contributed by atoms with Gasteiger partial charge in [0, 0.05) is 29.8 Å². The molecule has 0 unspecified atom stereocenters. The van der Waals surface area contributed by atoms with Gasteiger partial charge in [0.25, 0.3) is 0 Å². The molecule has 2 N–H and O–H groups in total. The molecule has 0 saturated heterocycles. The van der Waals surface area contributed by atoms with E-state index in [9.17, 15) is 0 Å². The van der Waals surface area contributed by atoms with Crippen LogP contribution in [0, 0.1) is 0 Å². The lowest BCUT2D eigenvalue weighted by atomic mass is 10.1. The number of nitrogens with zero attached hydrogens (tertiary/aromatic N) is 5. The Morgan fingerprint density at radius 2 is 1.52 bits per heavy atom. The third-order valence-electron chi connectivity index (χ3n) is 5.29. The van der Waals surface area contributed by atoms with Crippen LogP contribution in [0.15, 0.2) is 52.6 Å². The van der Waals surface area contributed by atoms with Crippen molar-refractivity contribution in [3.8, 4) is 28.4 Å². The Hall–Kier alpha value is -3.88. The number of methoxy groups -OCH3 is 2. The van der Waals surface area contributed by atoms with Crippen LogP contribution in [0.5, 0.6) is 11.5 Å². The average molecular weight is 417 g/mol. The quantitative estimate of drug-likeness (QED) is 0.633. The Labute approximate surface area is 179 Å². The largest absolute Gasteiger partial charge is 0.496 e. The van der Waals surface area contributed by atoms with E-state index in [0.29, 0.717) is 11.4 Å². The number of ether oxygens (including phenoxy) is 2. The van der Waals surface area contributed by atoms with Crippen molar-refractivity contribution in [1.82, 2.24) is 25.6 Å². The number of hydrogen-bond donors (Lipinski definition) is 2. The number of nitrogens with one attached hydrogen (secondary N) is 2. The van der Waals surface area contributed by atoms with Gasteiger partial charge >= 0.3 is 0 Å². The van der Waals surface area contributed by atoms with Crippen molar-refractivity contribution in [2.75, 3.05) is 40.4 Å². The fourth-order valence-electron chi connectivity index (χ4n) is 3.76. The summed E-state index contributed by atoms with van der Waals surface area (Å²) in [6, 6.07) is 11.9. The Morgan fingerprint density at radius 3 is 2.16 bits per heavy atom. The van der Waals surface area contributed by atoms with Gasteiger partial charge in [-0.15, -0.1) is 5.10 Å². The van der Waals surface area contributed by atoms with Gasteiger partial charge in [-0.2, -0.15) is 0 Å². The van der Waals surface area contributed by atoms with E-state index in [4.69, 9.17) is 9.47 Å². The fraction of sp³-hybridized carbons (Fsp3) is 0.273. The summed E-state index contributed by atoms with van der Waals surface area (Å²) in [6.45, 7) is 3.28. The molecular formula is C22H23N7O2. The molecule has 3 heterocycles. The maximum absolute atomic E-state index is 5.63. The van der Waals surface area contributed by atoms with Gasteiger partial charge in [0.15, 0.2) is 0 Å². The molecule has 2 aliphatic rings. The molecule has 9 heteroatoms. The van der Waals surface area contributed by atoms with Crippen LogP contribution in [-0.2, 0) is 0 Å². The molecule has 5 rings (SSSR count). The van der Waals surface area contributed by atoms with Crippen LogP contribution in [0.3, 0.4) is 0 Å². The zero-order valence-electron chi connectivity index (χ0n) is 17.4. The predicted molar refractivity (Wildman–Crippen MR) is 119 cm³/mol. The minimum Gasteiger partial charge on any atom is -0.496 e. The Balaban J connectivity index is 1.51. The standard InChI is InChI=1S/C22H23N7O2/c1-30-19-6-4-14(21-23-7-8-24-21)11-16(19)17-13-29(28-27-17)18-5-3-15(12-20(18)31-2)22-25-9-10-26-22/h3-6,11-13H,7-10H2,1-2H3,(H,23,24)(H,25,26). The van der Waals surface area contributed by atoms with Crippen molar-refractivity contribution in [3.05, 3.63) is 53.7 Å². The highest BCUT2D eigenvalue weighted by molar-refractivity contribution is 6.01. The summed E-state index contributed by atoms with van der Waals surface area (Å²) in [5, 5.41) is 15.3. The second-order valence-electron chi connectivity index (χ2n) is 7.16. The van der Waals surface area contributed by atoms with Gasteiger partial charge in [0.1, 0.15) is 34.6 Å². The number of benzene rings is 2. The third-order valence-corrected chi connectivity index (χ3v) is 5.29. The summed E-state index contributed by atoms with van der Waals surface area (Å²) in [6.07, 6.45) is 1.87. The lowest BCUT2D eigenvalue weighted by molar-refractivity contribution is 0.411. The number of aromatic nitrogens is 3. The molecule has 0 bridgehead atoms. The second-order valence-corrected chi connectivity index (χ2v) is 7.16. The van der Waals surface area contributed by atoms with Gasteiger partial charge in [-0.1, -0.05) is 5.21 Å². The Bertz CT molecular complexity index is 1180. The minimum absolute atomic E-state index is 0.690. The average Bonchev–Trinajstić information content (AvgIpc) is 3.60. The van der Waals surface area contributed by atoms with Gasteiger partial charge in [-0.3, -0.25) is 9.98 Å². The van der Waals surface area contributed by atoms with Crippen LogP contribution >= 0.6 is 0 Å². The topological polar surface area (TPSA) is 98.0 Å². The minimum atomic E-state index is 0.690. The van der Waals surface area contributed by atoms with Crippen LogP contribution in [-0.4, -0.2) is 67.1 Å². The van der Waals surface area contributed by atoms with Crippen molar-refractivity contribution >= 4 is 11.7 Å². The first kappa shape index (κ1) is 19.1. The van der Waals surface area contributed by atoms with E-state index in [1.807, 2.05) is 42.6 Å². The van der Waals surface area contributed by atoms with E-state index in [-0.39, 0.29) is 0 Å². The van der Waals surface area contributed by atoms with Crippen molar-refractivity contribution in [2.24, 2.45) is 9.98 Å². The van der Waals surface area contributed by atoms with Gasteiger partial charge < -0.3 is 20.1 Å². The van der Waals surface area contributed by atoms with Crippen molar-refractivity contribution in [1.29, 1.82) is 0 Å². The molecule has 158 valence electrons. The molecule has 1 aromatic heterocycles. The molecule has 0 fully saturated rings. The van der Waals surface area contributed by atoms with E-state index < -0.39 is 0 Å². The summed E-state index contributed by atoms with van der Waals surface area (Å²) in [7, 11) is 3.29. The molecule has 3 aromatic rings. The van der Waals surface area contributed by atoms with Gasteiger partial charge in [0.05, 0.1) is 33.5 Å². The van der Waals surface area contributed by atoms with Crippen LogP contribution in [0.1, 0.15) is 11.1 Å². The van der Waals surface area contributed by atoms with Gasteiger partial charge in [-0.25, -0.2) is 4.68 Å². The molecule has 9 nitrogen and oxygen atoms in total. The number of aliphatic imine (C=N–C) groups is 2. The summed E-state index contributed by atoms with van der Waals surface area (Å²) in [5.41, 5.74) is 4.32. The number of amidine groups is 2. The summed E-state index contributed by atoms with van der Waals surface area (Å²) < 4.78 is 12.9. The predicted octanol–water partition coefficient (Wildman–Crippen LogP) is 1.65. The SMILES string of the molecule is COc1ccc(C2=NCCN2)cc1-c1cn(-c2ccc(C3=NCCN3)cc2OC)nn1. The van der Waals surface area contributed by atoms with Crippen LogP contribution in [0.4, 0.5) is 0 Å². The molecule has 0 amide bonds. The first-order chi connectivity index (χ1) is 15.3. The van der Waals surface area contributed by atoms with E-state index >= 15 is 0 Å². The summed E-state index contributed by atoms with van der Waals surface area (Å²) >= 11 is 0. The lowest BCUT2D eigenvalue weighted by Crippen LogP contribution is -2.19. The van der Waals surface area contributed by atoms with Gasteiger partial charge in [0.2, 0.25) is 0 Å². The zero-order chi connectivity index (χ0) is 21.2. The highest BCUT2D eigenvalue weighted by Crippen LogP contribution is 2.31. The Morgan fingerprint density at radius 1 is 0.839 bits per heavy atom. The first-order valence-electron chi connectivity index (χ1n) is 10.1.